The van der Waals surface area contributed by atoms with Crippen molar-refractivity contribution in [1.82, 2.24) is 0 Å². The molecule has 0 aliphatic carbocycles. The number of carbonyl (C=O) groups is 2. The monoisotopic (exact) mass is 300 g/mol. The second-order valence-corrected chi connectivity index (χ2v) is 4.45. The molecule has 0 bridgehead atoms. The second-order valence-electron chi connectivity index (χ2n) is 4.45. The van der Waals surface area contributed by atoms with E-state index in [1.54, 1.807) is 12.1 Å². The van der Waals surface area contributed by atoms with Crippen LogP contribution in [0.25, 0.3) is 0 Å². The van der Waals surface area contributed by atoms with Gasteiger partial charge in [-0.2, -0.15) is 0 Å². The Morgan fingerprint density at radius 3 is 2.50 bits per heavy atom. The van der Waals surface area contributed by atoms with Crippen LogP contribution < -0.4 is 15.8 Å². The summed E-state index contributed by atoms with van der Waals surface area (Å²) in [6, 6.07) is 13.5. The van der Waals surface area contributed by atoms with Crippen LogP contribution in [0.3, 0.4) is 0 Å². The second kappa shape index (κ2) is 7.12. The lowest BCUT2D eigenvalue weighted by Crippen LogP contribution is -2.20. The Labute approximate surface area is 127 Å². The highest BCUT2D eigenvalue weighted by Crippen LogP contribution is 2.23. The summed E-state index contributed by atoms with van der Waals surface area (Å²) in [6.45, 7) is -0.184. The van der Waals surface area contributed by atoms with Gasteiger partial charge in [-0.25, -0.2) is 4.79 Å². The van der Waals surface area contributed by atoms with E-state index in [1.807, 2.05) is 18.2 Å². The Balaban J connectivity index is 1.94. The number of hydrogen-bond donors (Lipinski definition) is 2. The van der Waals surface area contributed by atoms with Crippen LogP contribution in [0.4, 0.5) is 11.4 Å². The Bertz CT molecular complexity index is 671. The van der Waals surface area contributed by atoms with Crippen LogP contribution in [-0.2, 0) is 9.53 Å². The van der Waals surface area contributed by atoms with E-state index >= 15 is 0 Å². The summed E-state index contributed by atoms with van der Waals surface area (Å²) in [6.07, 6.45) is 0. The first kappa shape index (κ1) is 15.4. The van der Waals surface area contributed by atoms with Crippen LogP contribution in [0.5, 0.6) is 5.75 Å². The molecule has 1 amide bonds. The highest BCUT2D eigenvalue weighted by molar-refractivity contribution is 5.92. The average Bonchev–Trinajstić information content (AvgIpc) is 2.53. The van der Waals surface area contributed by atoms with Crippen molar-refractivity contribution >= 4 is 23.3 Å². The number of methoxy groups -OCH3 is 1. The number of carbonyl (C=O) groups excluding carboxylic acids is 2. The van der Waals surface area contributed by atoms with Gasteiger partial charge in [-0.05, 0) is 30.3 Å². The normalized spacial score (nSPS) is 9.86. The zero-order valence-corrected chi connectivity index (χ0v) is 12.0. The van der Waals surface area contributed by atoms with Gasteiger partial charge in [0.25, 0.3) is 5.91 Å². The molecule has 6 nitrogen and oxygen atoms in total. The van der Waals surface area contributed by atoms with Crippen LogP contribution in [0.15, 0.2) is 48.5 Å². The lowest BCUT2D eigenvalue weighted by Gasteiger charge is -2.10. The van der Waals surface area contributed by atoms with Crippen LogP contribution in [0.1, 0.15) is 10.4 Å². The predicted molar refractivity (Wildman–Crippen MR) is 82.8 cm³/mol. The average molecular weight is 300 g/mol. The lowest BCUT2D eigenvalue weighted by atomic mass is 10.2. The van der Waals surface area contributed by atoms with E-state index in [4.69, 9.17) is 10.5 Å². The van der Waals surface area contributed by atoms with E-state index in [0.717, 1.165) is 0 Å². The summed E-state index contributed by atoms with van der Waals surface area (Å²) in [7, 11) is 1.29. The van der Waals surface area contributed by atoms with E-state index in [9.17, 15) is 9.59 Å². The first-order valence-corrected chi connectivity index (χ1v) is 6.55. The third-order valence-corrected chi connectivity index (χ3v) is 2.85. The van der Waals surface area contributed by atoms with E-state index in [2.05, 4.69) is 10.1 Å². The van der Waals surface area contributed by atoms with Gasteiger partial charge in [0.15, 0.2) is 6.61 Å². The third kappa shape index (κ3) is 3.99. The van der Waals surface area contributed by atoms with Crippen molar-refractivity contribution in [3.8, 4) is 5.75 Å². The van der Waals surface area contributed by atoms with Gasteiger partial charge in [-0.15, -0.1) is 0 Å². The minimum Gasteiger partial charge on any atom is -0.482 e. The minimum atomic E-state index is -0.486. The molecule has 0 aromatic heterocycles. The maximum atomic E-state index is 11.8. The summed E-state index contributed by atoms with van der Waals surface area (Å²) in [5.74, 6) is -0.460. The molecule has 6 heteroatoms. The number of nitrogen functional groups attached to an aromatic ring is 1. The number of para-hydroxylation sites is 1. The molecule has 0 unspecified atom stereocenters. The number of rotatable bonds is 5. The van der Waals surface area contributed by atoms with Crippen molar-refractivity contribution in [1.29, 1.82) is 0 Å². The molecule has 2 aromatic carbocycles. The van der Waals surface area contributed by atoms with Gasteiger partial charge in [0.05, 0.1) is 18.4 Å². The fourth-order valence-electron chi connectivity index (χ4n) is 1.79. The molecule has 0 radical (unpaired) electrons. The Hall–Kier alpha value is -3.02. The molecule has 114 valence electrons. The van der Waals surface area contributed by atoms with Gasteiger partial charge in [0.1, 0.15) is 5.75 Å². The Kier molecular flexibility index (Phi) is 4.98. The first-order valence-electron chi connectivity index (χ1n) is 6.55. The molecule has 0 heterocycles. The molecule has 0 aliphatic rings. The highest BCUT2D eigenvalue weighted by atomic mass is 16.5. The molecular weight excluding hydrogens is 284 g/mol. The van der Waals surface area contributed by atoms with Crippen LogP contribution in [0, 0.1) is 0 Å². The van der Waals surface area contributed by atoms with Crippen molar-refractivity contribution in [2.45, 2.75) is 0 Å². The number of benzene rings is 2. The number of nitrogens with two attached hydrogens (primary N) is 1. The van der Waals surface area contributed by atoms with Crippen LogP contribution in [-0.4, -0.2) is 25.6 Å². The standard InChI is InChI=1S/C16H16N2O4/c1-21-16(20)11-7-8-14(13(17)9-11)22-10-15(19)18-12-5-3-2-4-6-12/h2-9H,10,17H2,1H3,(H,18,19). The lowest BCUT2D eigenvalue weighted by molar-refractivity contribution is -0.118. The van der Waals surface area contributed by atoms with Crippen molar-refractivity contribution in [3.05, 3.63) is 54.1 Å². The molecule has 0 atom stereocenters. The zero-order valence-electron chi connectivity index (χ0n) is 12.0. The molecule has 0 spiro atoms. The van der Waals surface area contributed by atoms with Gasteiger partial charge in [0.2, 0.25) is 0 Å². The summed E-state index contributed by atoms with van der Waals surface area (Å²) in [5, 5.41) is 2.69. The third-order valence-electron chi connectivity index (χ3n) is 2.85. The SMILES string of the molecule is COC(=O)c1ccc(OCC(=O)Nc2ccccc2)c(N)c1. The molecule has 3 N–H and O–H groups in total. The van der Waals surface area contributed by atoms with Gasteiger partial charge in [0, 0.05) is 5.69 Å². The van der Waals surface area contributed by atoms with Crippen LogP contribution >= 0.6 is 0 Å². The van der Waals surface area contributed by atoms with Gasteiger partial charge < -0.3 is 20.5 Å². The molecule has 0 fully saturated rings. The maximum absolute atomic E-state index is 11.8. The largest absolute Gasteiger partial charge is 0.482 e. The summed E-state index contributed by atoms with van der Waals surface area (Å²) < 4.78 is 9.95. The Morgan fingerprint density at radius 1 is 1.14 bits per heavy atom. The van der Waals surface area contributed by atoms with Gasteiger partial charge in [-0.3, -0.25) is 4.79 Å². The quantitative estimate of drug-likeness (QED) is 0.651. The molecule has 22 heavy (non-hydrogen) atoms. The summed E-state index contributed by atoms with van der Waals surface area (Å²) >= 11 is 0. The van der Waals surface area contributed by atoms with Crippen molar-refractivity contribution in [3.63, 3.8) is 0 Å². The fourth-order valence-corrected chi connectivity index (χ4v) is 1.79. The van der Waals surface area contributed by atoms with Crippen LogP contribution in [0.2, 0.25) is 0 Å². The van der Waals surface area contributed by atoms with Gasteiger partial charge >= 0.3 is 5.97 Å². The van der Waals surface area contributed by atoms with E-state index in [0.29, 0.717) is 17.0 Å². The first-order chi connectivity index (χ1) is 10.6. The number of esters is 1. The van der Waals surface area contributed by atoms with E-state index in [-0.39, 0.29) is 18.2 Å². The molecule has 0 aliphatic heterocycles. The Morgan fingerprint density at radius 2 is 1.86 bits per heavy atom. The number of hydrogen-bond acceptors (Lipinski definition) is 5. The van der Waals surface area contributed by atoms with Gasteiger partial charge in [-0.1, -0.05) is 18.2 Å². The number of ether oxygens (including phenoxy) is 2. The number of amides is 1. The number of anilines is 2. The summed E-state index contributed by atoms with van der Waals surface area (Å²) in [5.41, 5.74) is 7.05. The molecule has 2 rings (SSSR count). The maximum Gasteiger partial charge on any atom is 0.337 e. The summed E-state index contributed by atoms with van der Waals surface area (Å²) in [4.78, 5) is 23.1. The minimum absolute atomic E-state index is 0.184. The zero-order chi connectivity index (χ0) is 15.9. The smallest absolute Gasteiger partial charge is 0.337 e. The predicted octanol–water partition coefficient (Wildman–Crippen LogP) is 2.07. The topological polar surface area (TPSA) is 90.6 Å². The van der Waals surface area contributed by atoms with E-state index < -0.39 is 5.97 Å². The van der Waals surface area contributed by atoms with E-state index in [1.165, 1.54) is 25.3 Å². The molecule has 2 aromatic rings. The fraction of sp³-hybridized carbons (Fsp3) is 0.125. The van der Waals surface area contributed by atoms with Crippen molar-refractivity contribution < 1.29 is 19.1 Å². The molecule has 0 saturated carbocycles. The van der Waals surface area contributed by atoms with Crippen molar-refractivity contribution in [2.75, 3.05) is 24.8 Å². The van der Waals surface area contributed by atoms with Crippen molar-refractivity contribution in [2.24, 2.45) is 0 Å². The molecule has 0 saturated heterocycles. The number of nitrogens with one attached hydrogen (secondary N) is 1. The highest BCUT2D eigenvalue weighted by Gasteiger charge is 2.10. The molecular formula is C16H16N2O4.